The second-order valence-electron chi connectivity index (χ2n) is 10.2. The first-order valence-electron chi connectivity index (χ1n) is 13.1. The third-order valence-electron chi connectivity index (χ3n) is 6.96. The summed E-state index contributed by atoms with van der Waals surface area (Å²) in [5.74, 6) is 0.946. The summed E-state index contributed by atoms with van der Waals surface area (Å²) >= 11 is 6.25. The van der Waals surface area contributed by atoms with Gasteiger partial charge in [-0.25, -0.2) is 0 Å². The number of carbonyl (C=O) groups excluding carboxylic acids is 1. The maximum atomic E-state index is 13.7. The van der Waals surface area contributed by atoms with Gasteiger partial charge in [0.2, 0.25) is 0 Å². The van der Waals surface area contributed by atoms with Crippen molar-refractivity contribution in [3.05, 3.63) is 93.7 Å². The van der Waals surface area contributed by atoms with Gasteiger partial charge in [0.1, 0.15) is 5.84 Å². The molecule has 3 N–H and O–H groups in total. The van der Waals surface area contributed by atoms with Gasteiger partial charge in [0.25, 0.3) is 5.91 Å². The molecule has 38 heavy (non-hydrogen) atoms. The van der Waals surface area contributed by atoms with E-state index < -0.39 is 0 Å². The Balaban J connectivity index is 1.62. The maximum absolute atomic E-state index is 13.7. The molecule has 0 spiro atoms. The van der Waals surface area contributed by atoms with E-state index in [1.807, 2.05) is 36.1 Å². The van der Waals surface area contributed by atoms with Crippen LogP contribution in [0.15, 0.2) is 72.0 Å². The van der Waals surface area contributed by atoms with Gasteiger partial charge in [0.05, 0.1) is 12.9 Å². The summed E-state index contributed by atoms with van der Waals surface area (Å²) in [4.78, 5) is 16.9. The number of nitrogens with zero attached hydrogens (tertiary/aromatic N) is 2. The van der Waals surface area contributed by atoms with E-state index in [1.54, 1.807) is 19.2 Å². The lowest BCUT2D eigenvalue weighted by Crippen LogP contribution is -2.25. The Kier molecular flexibility index (Phi) is 8.65. The fraction of sp³-hybridized carbons (Fsp3) is 0.323. The Labute approximate surface area is 230 Å². The number of hydrogen-bond donors (Lipinski definition) is 3. The zero-order valence-electron chi connectivity index (χ0n) is 22.4. The highest BCUT2D eigenvalue weighted by Gasteiger charge is 2.30. The van der Waals surface area contributed by atoms with Crippen molar-refractivity contribution in [1.29, 1.82) is 10.8 Å². The lowest BCUT2D eigenvalue weighted by molar-refractivity contribution is 0.0822. The van der Waals surface area contributed by atoms with Crippen molar-refractivity contribution in [3.63, 3.8) is 0 Å². The minimum Gasteiger partial charge on any atom is -0.321 e. The predicted molar refractivity (Wildman–Crippen MR) is 157 cm³/mol. The SMILES string of the molecule is C=C(C)/C=C(\C=C(/CC)N1Cc2ccc(-c3ccc(Cl)cc3C(=N)N(C)C=N)cc2C1=O)CNCC1CC1. The largest absolute Gasteiger partial charge is 0.321 e. The number of amidine groups is 1. The van der Waals surface area contributed by atoms with Gasteiger partial charge in [0, 0.05) is 35.4 Å². The molecule has 2 aromatic carbocycles. The highest BCUT2D eigenvalue weighted by molar-refractivity contribution is 6.31. The Morgan fingerprint density at radius 2 is 1.97 bits per heavy atom. The molecule has 7 heteroatoms. The lowest BCUT2D eigenvalue weighted by Gasteiger charge is -2.20. The molecule has 1 fully saturated rings. The van der Waals surface area contributed by atoms with Crippen LogP contribution in [-0.2, 0) is 6.54 Å². The third kappa shape index (κ3) is 6.32. The van der Waals surface area contributed by atoms with Gasteiger partial charge in [-0.05, 0) is 85.2 Å². The molecule has 1 aliphatic heterocycles. The molecule has 0 bridgehead atoms. The summed E-state index contributed by atoms with van der Waals surface area (Å²) in [6, 6.07) is 11.3. The van der Waals surface area contributed by atoms with Gasteiger partial charge in [-0.15, -0.1) is 0 Å². The molecule has 0 aromatic heterocycles. The van der Waals surface area contributed by atoms with Crippen LogP contribution >= 0.6 is 11.6 Å². The lowest BCUT2D eigenvalue weighted by atomic mass is 9.95. The molecule has 198 valence electrons. The molecular formula is C31H36ClN5O. The molecule has 6 nitrogen and oxygen atoms in total. The van der Waals surface area contributed by atoms with Gasteiger partial charge < -0.3 is 15.1 Å². The van der Waals surface area contributed by atoms with Gasteiger partial charge in [-0.2, -0.15) is 0 Å². The van der Waals surface area contributed by atoms with Crippen LogP contribution in [0.5, 0.6) is 0 Å². The molecule has 1 heterocycles. The molecule has 0 unspecified atom stereocenters. The van der Waals surface area contributed by atoms with Gasteiger partial charge in [0.15, 0.2) is 0 Å². The summed E-state index contributed by atoms with van der Waals surface area (Å²) in [5.41, 5.74) is 6.98. The van der Waals surface area contributed by atoms with Gasteiger partial charge in [-0.3, -0.25) is 15.6 Å². The van der Waals surface area contributed by atoms with Crippen LogP contribution in [0.25, 0.3) is 11.1 Å². The molecule has 4 rings (SSSR count). The predicted octanol–water partition coefficient (Wildman–Crippen LogP) is 6.62. The molecule has 0 saturated heterocycles. The Bertz CT molecular complexity index is 1340. The normalized spacial score (nSPS) is 15.5. The Hall–Kier alpha value is -3.48. The second kappa shape index (κ2) is 11.9. The van der Waals surface area contributed by atoms with Crippen LogP contribution < -0.4 is 5.32 Å². The van der Waals surface area contributed by atoms with Crippen molar-refractivity contribution < 1.29 is 4.79 Å². The first-order chi connectivity index (χ1) is 18.2. The highest BCUT2D eigenvalue weighted by atomic mass is 35.5. The first kappa shape index (κ1) is 27.6. The summed E-state index contributed by atoms with van der Waals surface area (Å²) in [5, 5.41) is 20.1. The number of halogens is 1. The first-order valence-corrected chi connectivity index (χ1v) is 13.4. The Morgan fingerprint density at radius 3 is 2.63 bits per heavy atom. The number of fused-ring (bicyclic) bond motifs is 1. The third-order valence-corrected chi connectivity index (χ3v) is 7.19. The highest BCUT2D eigenvalue weighted by Crippen LogP contribution is 2.34. The van der Waals surface area contributed by atoms with Crippen molar-refractivity contribution in [2.24, 2.45) is 5.92 Å². The summed E-state index contributed by atoms with van der Waals surface area (Å²) < 4.78 is 0. The zero-order valence-corrected chi connectivity index (χ0v) is 23.2. The maximum Gasteiger partial charge on any atom is 0.258 e. The molecule has 2 aliphatic rings. The molecule has 0 radical (unpaired) electrons. The van der Waals surface area contributed by atoms with Crippen molar-refractivity contribution in [2.45, 2.75) is 39.7 Å². The fourth-order valence-corrected chi connectivity index (χ4v) is 4.88. The van der Waals surface area contributed by atoms with Crippen molar-refractivity contribution in [1.82, 2.24) is 15.1 Å². The van der Waals surface area contributed by atoms with Crippen LogP contribution in [-0.4, -0.2) is 48.0 Å². The monoisotopic (exact) mass is 529 g/mol. The molecular weight excluding hydrogens is 494 g/mol. The van der Waals surface area contributed by atoms with Crippen molar-refractivity contribution in [2.75, 3.05) is 20.1 Å². The summed E-state index contributed by atoms with van der Waals surface area (Å²) in [7, 11) is 1.65. The number of carbonyl (C=O) groups is 1. The average molecular weight is 530 g/mol. The minimum absolute atomic E-state index is 0.0160. The van der Waals surface area contributed by atoms with E-state index in [2.05, 4.69) is 31.0 Å². The quantitative estimate of drug-likeness (QED) is 0.174. The number of rotatable bonds is 11. The number of allylic oxidation sites excluding steroid dienone is 3. The topological polar surface area (TPSA) is 83.3 Å². The van der Waals surface area contributed by atoms with Crippen LogP contribution in [0.4, 0.5) is 0 Å². The van der Waals surface area contributed by atoms with Crippen LogP contribution in [0.1, 0.15) is 54.6 Å². The molecule has 2 aromatic rings. The number of hydrogen-bond acceptors (Lipinski definition) is 4. The fourth-order valence-electron chi connectivity index (χ4n) is 4.71. The molecule has 0 atom stereocenters. The van der Waals surface area contributed by atoms with E-state index in [-0.39, 0.29) is 11.7 Å². The second-order valence-corrected chi connectivity index (χ2v) is 10.6. The van der Waals surface area contributed by atoms with Crippen LogP contribution in [0.3, 0.4) is 0 Å². The summed E-state index contributed by atoms with van der Waals surface area (Å²) in [6.07, 6.45) is 8.66. The van der Waals surface area contributed by atoms with Crippen LogP contribution in [0, 0.1) is 16.7 Å². The average Bonchev–Trinajstić information content (AvgIpc) is 3.67. The van der Waals surface area contributed by atoms with Crippen molar-refractivity contribution in [3.8, 4) is 11.1 Å². The number of benzene rings is 2. The molecule has 1 saturated carbocycles. The number of amides is 1. The van der Waals surface area contributed by atoms with Gasteiger partial charge >= 0.3 is 0 Å². The minimum atomic E-state index is -0.0160. The van der Waals surface area contributed by atoms with E-state index in [1.165, 1.54) is 17.7 Å². The smallest absolute Gasteiger partial charge is 0.258 e. The standard InChI is InChI=1S/C31H36ClN5O/c1-5-26(13-22(12-20(2)3)17-35-16-21-6-7-21)37-18-24-9-8-23(14-28(24)31(37)38)27-11-10-25(32)15-29(27)30(34)36(4)19-33/h8-15,19,21,33-35H,2,5-7,16-18H2,1,3-4H3/b22-12+,26-13+,33-19?,34-30?. The summed E-state index contributed by atoms with van der Waals surface area (Å²) in [6.45, 7) is 10.4. The Morgan fingerprint density at radius 1 is 1.21 bits per heavy atom. The van der Waals surface area contributed by atoms with E-state index >= 15 is 0 Å². The van der Waals surface area contributed by atoms with E-state index in [4.69, 9.17) is 22.4 Å². The molecule has 1 amide bonds. The van der Waals surface area contributed by atoms with Crippen molar-refractivity contribution >= 4 is 29.7 Å². The van der Waals surface area contributed by atoms with Crippen LogP contribution in [0.2, 0.25) is 5.02 Å². The molecule has 1 aliphatic carbocycles. The van der Waals surface area contributed by atoms with Gasteiger partial charge in [-0.1, -0.05) is 55.0 Å². The number of nitrogens with one attached hydrogen (secondary N) is 3. The van der Waals surface area contributed by atoms with E-state index in [0.29, 0.717) is 22.7 Å². The van der Waals surface area contributed by atoms with E-state index in [9.17, 15) is 4.79 Å². The zero-order chi connectivity index (χ0) is 27.4. The van der Waals surface area contributed by atoms with E-state index in [0.717, 1.165) is 65.3 Å².